The Balaban J connectivity index is 2.08. The van der Waals surface area contributed by atoms with Crippen molar-refractivity contribution >= 4 is 11.6 Å². The van der Waals surface area contributed by atoms with Gasteiger partial charge in [-0.25, -0.2) is 4.99 Å². The van der Waals surface area contributed by atoms with Crippen LogP contribution >= 0.6 is 0 Å². The minimum absolute atomic E-state index is 0.115. The fourth-order valence-electron chi connectivity index (χ4n) is 2.29. The Morgan fingerprint density at radius 2 is 2.20 bits per heavy atom. The Morgan fingerprint density at radius 3 is 2.85 bits per heavy atom. The molecule has 1 saturated heterocycles. The summed E-state index contributed by atoms with van der Waals surface area (Å²) in [6.07, 6.45) is 2.39. The lowest BCUT2D eigenvalue weighted by Gasteiger charge is -2.20. The summed E-state index contributed by atoms with van der Waals surface area (Å²) in [6, 6.07) is 6.64. The van der Waals surface area contributed by atoms with Crippen LogP contribution in [0.15, 0.2) is 29.3 Å². The molecule has 1 aromatic carbocycles. The number of hydrogen-bond donors (Lipinski definition) is 1. The van der Waals surface area contributed by atoms with E-state index < -0.39 is 0 Å². The first-order valence-electron chi connectivity index (χ1n) is 6.97. The van der Waals surface area contributed by atoms with E-state index in [0.29, 0.717) is 6.54 Å². The molecule has 0 spiro atoms. The lowest BCUT2D eigenvalue weighted by atomic mass is 10.2. The molecule has 1 aliphatic rings. The van der Waals surface area contributed by atoms with Crippen LogP contribution in [0.3, 0.4) is 0 Å². The van der Waals surface area contributed by atoms with Crippen LogP contribution in [0.25, 0.3) is 0 Å². The van der Waals surface area contributed by atoms with Crippen LogP contribution in [-0.2, 0) is 6.54 Å². The second kappa shape index (κ2) is 6.88. The van der Waals surface area contributed by atoms with Crippen molar-refractivity contribution in [1.29, 1.82) is 0 Å². The largest absolute Gasteiger partial charge is 0.357 e. The third-order valence-corrected chi connectivity index (χ3v) is 3.27. The standard InChI is InChI=1S/C14H20N4O2/c1-2-15-14(17-8-3-4-9-17)16-11-12-6-5-7-13(10-12)18(19)20/h5-7,10H,2-4,8-9,11H2,1H3,(H,15,16). The predicted molar refractivity (Wildman–Crippen MR) is 78.7 cm³/mol. The minimum atomic E-state index is -0.376. The molecule has 20 heavy (non-hydrogen) atoms. The molecule has 0 saturated carbocycles. The molecular formula is C14H20N4O2. The van der Waals surface area contributed by atoms with Gasteiger partial charge in [0.25, 0.3) is 5.69 Å². The van der Waals surface area contributed by atoms with Crippen molar-refractivity contribution in [3.05, 3.63) is 39.9 Å². The van der Waals surface area contributed by atoms with Gasteiger partial charge in [0.05, 0.1) is 11.5 Å². The third kappa shape index (κ3) is 3.69. The van der Waals surface area contributed by atoms with Crippen molar-refractivity contribution < 1.29 is 4.92 Å². The molecule has 0 aliphatic carbocycles. The highest BCUT2D eigenvalue weighted by atomic mass is 16.6. The number of non-ortho nitro benzene ring substituents is 1. The molecule has 0 bridgehead atoms. The highest BCUT2D eigenvalue weighted by Crippen LogP contribution is 2.14. The molecule has 6 nitrogen and oxygen atoms in total. The summed E-state index contributed by atoms with van der Waals surface area (Å²) in [4.78, 5) is 17.2. The minimum Gasteiger partial charge on any atom is -0.357 e. The summed E-state index contributed by atoms with van der Waals surface area (Å²) in [6.45, 7) is 5.38. The molecule has 6 heteroatoms. The maximum atomic E-state index is 10.8. The van der Waals surface area contributed by atoms with E-state index in [1.165, 1.54) is 18.9 Å². The average Bonchev–Trinajstić information content (AvgIpc) is 2.97. The number of nitrogens with one attached hydrogen (secondary N) is 1. The second-order valence-electron chi connectivity index (χ2n) is 4.79. The third-order valence-electron chi connectivity index (χ3n) is 3.27. The van der Waals surface area contributed by atoms with Crippen molar-refractivity contribution in [3.8, 4) is 0 Å². The van der Waals surface area contributed by atoms with Crippen molar-refractivity contribution in [2.24, 2.45) is 4.99 Å². The van der Waals surface area contributed by atoms with E-state index in [9.17, 15) is 10.1 Å². The molecule has 0 amide bonds. The lowest BCUT2D eigenvalue weighted by Crippen LogP contribution is -2.39. The van der Waals surface area contributed by atoms with E-state index in [1.54, 1.807) is 12.1 Å². The zero-order valence-electron chi connectivity index (χ0n) is 11.7. The normalized spacial score (nSPS) is 15.4. The number of guanidine groups is 1. The van der Waals surface area contributed by atoms with Crippen molar-refractivity contribution in [1.82, 2.24) is 10.2 Å². The fourth-order valence-corrected chi connectivity index (χ4v) is 2.29. The molecule has 108 valence electrons. The first-order chi connectivity index (χ1) is 9.70. The van der Waals surface area contributed by atoms with Gasteiger partial charge in [0.15, 0.2) is 5.96 Å². The van der Waals surface area contributed by atoms with Gasteiger partial charge in [-0.2, -0.15) is 0 Å². The summed E-state index contributed by atoms with van der Waals surface area (Å²) in [5, 5.41) is 14.0. The molecule has 0 radical (unpaired) electrons. The number of rotatable bonds is 4. The van der Waals surface area contributed by atoms with Gasteiger partial charge in [-0.15, -0.1) is 0 Å². The number of nitro groups is 1. The topological polar surface area (TPSA) is 70.8 Å². The highest BCUT2D eigenvalue weighted by molar-refractivity contribution is 5.80. The first kappa shape index (κ1) is 14.3. The van der Waals surface area contributed by atoms with Gasteiger partial charge in [0.2, 0.25) is 0 Å². The van der Waals surface area contributed by atoms with Crippen LogP contribution in [-0.4, -0.2) is 35.4 Å². The number of benzene rings is 1. The number of nitrogens with zero attached hydrogens (tertiary/aromatic N) is 3. The molecule has 1 N–H and O–H groups in total. The lowest BCUT2D eigenvalue weighted by molar-refractivity contribution is -0.384. The van der Waals surface area contributed by atoms with Gasteiger partial charge in [0, 0.05) is 31.8 Å². The summed E-state index contributed by atoms with van der Waals surface area (Å²) >= 11 is 0. The van der Waals surface area contributed by atoms with Gasteiger partial charge in [-0.3, -0.25) is 10.1 Å². The maximum Gasteiger partial charge on any atom is 0.269 e. The van der Waals surface area contributed by atoms with Crippen LogP contribution in [0.1, 0.15) is 25.3 Å². The Morgan fingerprint density at radius 1 is 1.45 bits per heavy atom. The van der Waals surface area contributed by atoms with E-state index in [2.05, 4.69) is 15.2 Å². The van der Waals surface area contributed by atoms with Crippen LogP contribution in [0.2, 0.25) is 0 Å². The summed E-state index contributed by atoms with van der Waals surface area (Å²) < 4.78 is 0. The zero-order valence-corrected chi connectivity index (χ0v) is 11.7. The monoisotopic (exact) mass is 276 g/mol. The quantitative estimate of drug-likeness (QED) is 0.396. The molecule has 1 heterocycles. The number of hydrogen-bond acceptors (Lipinski definition) is 3. The number of nitro benzene ring substituents is 1. The highest BCUT2D eigenvalue weighted by Gasteiger charge is 2.15. The molecule has 0 atom stereocenters. The van der Waals surface area contributed by atoms with E-state index in [0.717, 1.165) is 31.2 Å². The van der Waals surface area contributed by atoms with Crippen molar-refractivity contribution in [2.75, 3.05) is 19.6 Å². The smallest absolute Gasteiger partial charge is 0.269 e. The Bertz CT molecular complexity index is 496. The van der Waals surface area contributed by atoms with Gasteiger partial charge in [-0.05, 0) is 25.3 Å². The number of aliphatic imine (C=N–C) groups is 1. The van der Waals surface area contributed by atoms with E-state index in [1.807, 2.05) is 13.0 Å². The molecule has 2 rings (SSSR count). The van der Waals surface area contributed by atoms with Gasteiger partial charge in [-0.1, -0.05) is 12.1 Å². The molecule has 0 aromatic heterocycles. The Hall–Kier alpha value is -2.11. The van der Waals surface area contributed by atoms with Crippen LogP contribution in [0.5, 0.6) is 0 Å². The van der Waals surface area contributed by atoms with Crippen LogP contribution < -0.4 is 5.32 Å². The van der Waals surface area contributed by atoms with Crippen molar-refractivity contribution in [3.63, 3.8) is 0 Å². The van der Waals surface area contributed by atoms with E-state index >= 15 is 0 Å². The maximum absolute atomic E-state index is 10.8. The molecule has 1 aromatic rings. The Kier molecular flexibility index (Phi) is 4.92. The van der Waals surface area contributed by atoms with E-state index in [-0.39, 0.29) is 10.6 Å². The predicted octanol–water partition coefficient (Wildman–Crippen LogP) is 2.16. The summed E-state index contributed by atoms with van der Waals surface area (Å²) in [5.74, 6) is 0.900. The number of likely N-dealkylation sites (tertiary alicyclic amines) is 1. The fraction of sp³-hybridized carbons (Fsp3) is 0.500. The Labute approximate surface area is 118 Å². The molecule has 0 unspecified atom stereocenters. The van der Waals surface area contributed by atoms with Gasteiger partial charge in [0.1, 0.15) is 0 Å². The summed E-state index contributed by atoms with van der Waals surface area (Å²) in [5.41, 5.74) is 0.970. The van der Waals surface area contributed by atoms with Gasteiger partial charge < -0.3 is 10.2 Å². The molecular weight excluding hydrogens is 256 g/mol. The SMILES string of the molecule is CCNC(=NCc1cccc([N+](=O)[O-])c1)N1CCCC1. The summed E-state index contributed by atoms with van der Waals surface area (Å²) in [7, 11) is 0. The first-order valence-corrected chi connectivity index (χ1v) is 6.97. The van der Waals surface area contributed by atoms with Crippen LogP contribution in [0, 0.1) is 10.1 Å². The van der Waals surface area contributed by atoms with E-state index in [4.69, 9.17) is 0 Å². The molecule has 1 aliphatic heterocycles. The second-order valence-corrected chi connectivity index (χ2v) is 4.79. The zero-order chi connectivity index (χ0) is 14.4. The van der Waals surface area contributed by atoms with Gasteiger partial charge >= 0.3 is 0 Å². The van der Waals surface area contributed by atoms with Crippen LogP contribution in [0.4, 0.5) is 5.69 Å². The average molecular weight is 276 g/mol. The van der Waals surface area contributed by atoms with Crippen molar-refractivity contribution in [2.45, 2.75) is 26.3 Å². The molecule has 1 fully saturated rings.